The van der Waals surface area contributed by atoms with Crippen molar-refractivity contribution in [3.8, 4) is 0 Å². The van der Waals surface area contributed by atoms with E-state index in [0.29, 0.717) is 11.0 Å². The van der Waals surface area contributed by atoms with Crippen molar-refractivity contribution in [2.24, 2.45) is 0 Å². The molecule has 0 bridgehead atoms. The second-order valence-corrected chi connectivity index (χ2v) is 5.04. The Hall–Kier alpha value is -2.09. The van der Waals surface area contributed by atoms with Crippen LogP contribution in [0, 0.1) is 5.82 Å². The average molecular weight is 317 g/mol. The molecule has 21 heavy (non-hydrogen) atoms. The van der Waals surface area contributed by atoms with Gasteiger partial charge in [0.25, 0.3) is 0 Å². The van der Waals surface area contributed by atoms with E-state index in [0.717, 1.165) is 23.9 Å². The number of benzene rings is 1. The van der Waals surface area contributed by atoms with Crippen LogP contribution in [-0.4, -0.2) is 16.1 Å². The quantitative estimate of drug-likeness (QED) is 0.866. The van der Waals surface area contributed by atoms with Crippen LogP contribution >= 0.6 is 11.8 Å². The highest BCUT2D eigenvalue weighted by molar-refractivity contribution is 7.99. The summed E-state index contributed by atoms with van der Waals surface area (Å²) in [5.74, 6) is -2.27. The van der Waals surface area contributed by atoms with Crippen molar-refractivity contribution in [2.45, 2.75) is 16.0 Å². The zero-order valence-electron chi connectivity index (χ0n) is 10.2. The molecule has 0 aliphatic carbocycles. The summed E-state index contributed by atoms with van der Waals surface area (Å²) in [6.07, 6.45) is -3.38. The third-order valence-corrected chi connectivity index (χ3v) is 3.48. The van der Waals surface area contributed by atoms with Gasteiger partial charge in [-0.2, -0.15) is 13.2 Å². The number of alkyl halides is 3. The maximum absolute atomic E-state index is 13.7. The second-order valence-electron chi connectivity index (χ2n) is 3.93. The van der Waals surface area contributed by atoms with Gasteiger partial charge in [-0.25, -0.2) is 14.2 Å². The lowest BCUT2D eigenvalue weighted by molar-refractivity contribution is -0.137. The Kier molecular flexibility index (Phi) is 4.17. The summed E-state index contributed by atoms with van der Waals surface area (Å²) >= 11 is 0.819. The van der Waals surface area contributed by atoms with E-state index in [9.17, 15) is 22.4 Å². The fraction of sp³-hybridized carbons (Fsp3) is 0.0769. The zero-order valence-corrected chi connectivity index (χ0v) is 11.0. The average Bonchev–Trinajstić information content (AvgIpc) is 2.40. The highest BCUT2D eigenvalue weighted by atomic mass is 32.2. The predicted molar refractivity (Wildman–Crippen MR) is 66.7 cm³/mol. The molecule has 1 aromatic carbocycles. The SMILES string of the molecule is O=C(O)c1cc(Sc2ccc(C(F)(F)F)cc2F)ccn1. The van der Waals surface area contributed by atoms with Gasteiger partial charge in [-0.15, -0.1) is 0 Å². The van der Waals surface area contributed by atoms with Crippen LogP contribution < -0.4 is 0 Å². The minimum atomic E-state index is -4.61. The van der Waals surface area contributed by atoms with Crippen molar-refractivity contribution in [3.63, 3.8) is 0 Å². The van der Waals surface area contributed by atoms with Crippen LogP contribution in [0.5, 0.6) is 0 Å². The van der Waals surface area contributed by atoms with Gasteiger partial charge in [-0.1, -0.05) is 11.8 Å². The van der Waals surface area contributed by atoms with E-state index in [4.69, 9.17) is 5.11 Å². The molecule has 1 aromatic heterocycles. The summed E-state index contributed by atoms with van der Waals surface area (Å²) in [5.41, 5.74) is -1.31. The zero-order chi connectivity index (χ0) is 15.6. The van der Waals surface area contributed by atoms with Crippen LogP contribution in [0.25, 0.3) is 0 Å². The van der Waals surface area contributed by atoms with Gasteiger partial charge in [0.2, 0.25) is 0 Å². The third-order valence-electron chi connectivity index (χ3n) is 2.44. The van der Waals surface area contributed by atoms with Crippen LogP contribution in [0.15, 0.2) is 46.3 Å². The van der Waals surface area contributed by atoms with Gasteiger partial charge >= 0.3 is 12.1 Å². The van der Waals surface area contributed by atoms with Crippen LogP contribution in [0.4, 0.5) is 17.6 Å². The van der Waals surface area contributed by atoms with Gasteiger partial charge in [-0.05, 0) is 30.3 Å². The molecule has 0 atom stereocenters. The number of nitrogens with zero attached hydrogens (tertiary/aromatic N) is 1. The first-order chi connectivity index (χ1) is 9.77. The van der Waals surface area contributed by atoms with Gasteiger partial charge in [0.05, 0.1) is 5.56 Å². The smallest absolute Gasteiger partial charge is 0.416 e. The minimum Gasteiger partial charge on any atom is -0.477 e. The molecule has 0 amide bonds. The predicted octanol–water partition coefficient (Wildman–Crippen LogP) is 4.09. The molecule has 1 heterocycles. The monoisotopic (exact) mass is 317 g/mol. The Bertz CT molecular complexity index is 688. The molecule has 0 aliphatic heterocycles. The number of carbonyl (C=O) groups is 1. The number of aromatic carboxylic acids is 1. The maximum Gasteiger partial charge on any atom is 0.416 e. The van der Waals surface area contributed by atoms with E-state index in [1.165, 1.54) is 18.3 Å². The van der Waals surface area contributed by atoms with Crippen LogP contribution in [0.3, 0.4) is 0 Å². The van der Waals surface area contributed by atoms with Gasteiger partial charge in [0.15, 0.2) is 0 Å². The van der Waals surface area contributed by atoms with E-state index in [1.807, 2.05) is 0 Å². The van der Waals surface area contributed by atoms with Gasteiger partial charge < -0.3 is 5.11 Å². The third kappa shape index (κ3) is 3.72. The van der Waals surface area contributed by atoms with Crippen LogP contribution in [-0.2, 0) is 6.18 Å². The molecule has 2 aromatic rings. The number of carboxylic acid groups (broad SMARTS) is 1. The molecule has 0 saturated carbocycles. The first-order valence-corrected chi connectivity index (χ1v) is 6.33. The second kappa shape index (κ2) is 5.72. The van der Waals surface area contributed by atoms with E-state index < -0.39 is 23.5 Å². The first-order valence-electron chi connectivity index (χ1n) is 5.51. The van der Waals surface area contributed by atoms with Crippen molar-refractivity contribution >= 4 is 17.7 Å². The highest BCUT2D eigenvalue weighted by Crippen LogP contribution is 2.35. The van der Waals surface area contributed by atoms with Gasteiger partial charge in [0.1, 0.15) is 11.5 Å². The molecule has 1 N–H and O–H groups in total. The Morgan fingerprint density at radius 3 is 2.48 bits per heavy atom. The van der Waals surface area contributed by atoms with E-state index in [-0.39, 0.29) is 10.6 Å². The molecular formula is C13H7F4NO2S. The Balaban J connectivity index is 2.28. The number of halogens is 4. The van der Waals surface area contributed by atoms with E-state index >= 15 is 0 Å². The standard InChI is InChI=1S/C13H7F4NO2S/c14-9-5-7(13(15,16)17)1-2-11(9)21-8-3-4-18-10(6-8)12(19)20/h1-6H,(H,19,20). The molecule has 8 heteroatoms. The summed E-state index contributed by atoms with van der Waals surface area (Å²) in [5, 5.41) is 8.79. The number of aromatic nitrogens is 1. The van der Waals surface area contributed by atoms with E-state index in [2.05, 4.69) is 4.98 Å². The summed E-state index contributed by atoms with van der Waals surface area (Å²) in [7, 11) is 0. The largest absolute Gasteiger partial charge is 0.477 e. The van der Waals surface area contributed by atoms with Crippen molar-refractivity contribution < 1.29 is 27.5 Å². The van der Waals surface area contributed by atoms with Crippen LogP contribution in [0.2, 0.25) is 0 Å². The lowest BCUT2D eigenvalue weighted by atomic mass is 10.2. The Labute approximate surface area is 120 Å². The van der Waals surface area contributed by atoms with Crippen molar-refractivity contribution in [1.29, 1.82) is 0 Å². The summed E-state index contributed by atoms with van der Waals surface area (Å²) in [6.45, 7) is 0. The molecule has 0 spiro atoms. The molecule has 0 unspecified atom stereocenters. The molecule has 3 nitrogen and oxygen atoms in total. The van der Waals surface area contributed by atoms with E-state index in [1.54, 1.807) is 0 Å². The summed E-state index contributed by atoms with van der Waals surface area (Å²) < 4.78 is 50.9. The molecule has 2 rings (SSSR count). The normalized spacial score (nSPS) is 11.4. The lowest BCUT2D eigenvalue weighted by Crippen LogP contribution is -2.05. The highest BCUT2D eigenvalue weighted by Gasteiger charge is 2.31. The Morgan fingerprint density at radius 1 is 1.19 bits per heavy atom. The molecule has 110 valence electrons. The maximum atomic E-state index is 13.7. The van der Waals surface area contributed by atoms with Gasteiger partial charge in [0, 0.05) is 16.0 Å². The van der Waals surface area contributed by atoms with Crippen molar-refractivity contribution in [1.82, 2.24) is 4.98 Å². The number of rotatable bonds is 3. The molecule has 0 fully saturated rings. The van der Waals surface area contributed by atoms with Crippen molar-refractivity contribution in [2.75, 3.05) is 0 Å². The summed E-state index contributed by atoms with van der Waals surface area (Å²) in [4.78, 5) is 14.7. The lowest BCUT2D eigenvalue weighted by Gasteiger charge is -2.09. The van der Waals surface area contributed by atoms with Crippen LogP contribution in [0.1, 0.15) is 16.1 Å². The first kappa shape index (κ1) is 15.3. The fourth-order valence-electron chi connectivity index (χ4n) is 1.48. The molecule has 0 saturated heterocycles. The molecule has 0 radical (unpaired) electrons. The number of hydrogen-bond acceptors (Lipinski definition) is 3. The number of carboxylic acids is 1. The van der Waals surface area contributed by atoms with Crippen molar-refractivity contribution in [3.05, 3.63) is 53.6 Å². The number of pyridine rings is 1. The molecular weight excluding hydrogens is 310 g/mol. The topological polar surface area (TPSA) is 50.2 Å². The fourth-order valence-corrected chi connectivity index (χ4v) is 2.32. The molecule has 0 aliphatic rings. The number of hydrogen-bond donors (Lipinski definition) is 1. The minimum absolute atomic E-state index is 0.0365. The van der Waals surface area contributed by atoms with Gasteiger partial charge in [-0.3, -0.25) is 0 Å². The Morgan fingerprint density at radius 2 is 1.90 bits per heavy atom. The summed E-state index contributed by atoms with van der Waals surface area (Å²) in [6, 6.07) is 4.83.